The molecule has 0 spiro atoms. The molecular weight excluding hydrogens is 360 g/mol. The van der Waals surface area contributed by atoms with E-state index in [4.69, 9.17) is 0 Å². The molecule has 0 saturated heterocycles. The van der Waals surface area contributed by atoms with E-state index >= 15 is 0 Å². The van der Waals surface area contributed by atoms with Gasteiger partial charge in [-0.25, -0.2) is 0 Å². The molecule has 0 heterocycles. The molecule has 4 aromatic carbocycles. The van der Waals surface area contributed by atoms with Crippen LogP contribution in [0.1, 0.15) is 23.6 Å². The van der Waals surface area contributed by atoms with Crippen molar-refractivity contribution in [2.24, 2.45) is 0 Å². The topological polar surface area (TPSA) is 60.7 Å². The molecule has 0 radical (unpaired) electrons. The Kier molecular flexibility index (Phi) is 4.73. The van der Waals surface area contributed by atoms with Crippen LogP contribution in [0.25, 0.3) is 11.1 Å². The molecule has 0 aliphatic heterocycles. The standard InChI is InChI=1S/C26H22O3/c1-26(21-8-14-24(28)15-9-21,22-10-16-25(29)17-11-22)20-6-2-18(3-7-20)19-4-12-23(27)13-5-19/h2-17,27-29H,1H3. The van der Waals surface area contributed by atoms with Crippen LogP contribution in [0, 0.1) is 0 Å². The molecule has 0 aromatic heterocycles. The lowest BCUT2D eigenvalue weighted by Crippen LogP contribution is -2.25. The maximum atomic E-state index is 9.73. The minimum Gasteiger partial charge on any atom is -0.508 e. The second-order valence-corrected chi connectivity index (χ2v) is 7.34. The Morgan fingerprint density at radius 2 is 0.655 bits per heavy atom. The van der Waals surface area contributed by atoms with Crippen LogP contribution >= 0.6 is 0 Å². The first-order valence-electron chi connectivity index (χ1n) is 9.46. The Hall–Kier alpha value is -3.72. The summed E-state index contributed by atoms with van der Waals surface area (Å²) in [5.74, 6) is 0.701. The summed E-state index contributed by atoms with van der Waals surface area (Å²) in [6.45, 7) is 2.14. The lowest BCUT2D eigenvalue weighted by atomic mass is 9.71. The van der Waals surface area contributed by atoms with Gasteiger partial charge in [-0.3, -0.25) is 0 Å². The van der Waals surface area contributed by atoms with Gasteiger partial charge in [0.25, 0.3) is 0 Å². The molecule has 3 nitrogen and oxygen atoms in total. The average molecular weight is 382 g/mol. The zero-order chi connectivity index (χ0) is 20.4. The maximum absolute atomic E-state index is 9.73. The van der Waals surface area contributed by atoms with Gasteiger partial charge in [0.1, 0.15) is 17.2 Å². The first-order chi connectivity index (χ1) is 14.0. The lowest BCUT2D eigenvalue weighted by Gasteiger charge is -2.32. The minimum absolute atomic E-state index is 0.226. The summed E-state index contributed by atoms with van der Waals surface area (Å²) < 4.78 is 0. The molecule has 144 valence electrons. The van der Waals surface area contributed by atoms with Gasteiger partial charge in [-0.1, -0.05) is 60.7 Å². The molecular formula is C26H22O3. The molecule has 29 heavy (non-hydrogen) atoms. The summed E-state index contributed by atoms with van der Waals surface area (Å²) in [7, 11) is 0. The van der Waals surface area contributed by atoms with Crippen LogP contribution in [0.15, 0.2) is 97.1 Å². The predicted molar refractivity (Wildman–Crippen MR) is 115 cm³/mol. The van der Waals surface area contributed by atoms with Crippen molar-refractivity contribution in [1.29, 1.82) is 0 Å². The second-order valence-electron chi connectivity index (χ2n) is 7.34. The Morgan fingerprint density at radius 3 is 1.00 bits per heavy atom. The molecule has 0 atom stereocenters. The van der Waals surface area contributed by atoms with Crippen molar-refractivity contribution in [3.63, 3.8) is 0 Å². The number of hydrogen-bond donors (Lipinski definition) is 3. The van der Waals surface area contributed by atoms with Crippen molar-refractivity contribution in [3.05, 3.63) is 114 Å². The van der Waals surface area contributed by atoms with Crippen molar-refractivity contribution < 1.29 is 15.3 Å². The molecule has 4 rings (SSSR count). The zero-order valence-electron chi connectivity index (χ0n) is 16.1. The first kappa shape index (κ1) is 18.6. The van der Waals surface area contributed by atoms with Crippen LogP contribution in [0.2, 0.25) is 0 Å². The third kappa shape index (κ3) is 3.55. The zero-order valence-corrected chi connectivity index (χ0v) is 16.1. The number of phenolic OH excluding ortho intramolecular Hbond substituents is 3. The quantitative estimate of drug-likeness (QED) is 0.390. The summed E-state index contributed by atoms with van der Waals surface area (Å²) in [5, 5.41) is 29.0. The van der Waals surface area contributed by atoms with Gasteiger partial charge >= 0.3 is 0 Å². The van der Waals surface area contributed by atoms with Crippen LogP contribution in [0.4, 0.5) is 0 Å². The number of aromatic hydroxyl groups is 3. The summed E-state index contributed by atoms with van der Waals surface area (Å²) in [5.41, 5.74) is 4.81. The number of rotatable bonds is 4. The third-order valence-electron chi connectivity index (χ3n) is 5.55. The average Bonchev–Trinajstić information content (AvgIpc) is 2.75. The summed E-state index contributed by atoms with van der Waals surface area (Å²) in [6.07, 6.45) is 0. The largest absolute Gasteiger partial charge is 0.508 e. The third-order valence-corrected chi connectivity index (χ3v) is 5.55. The van der Waals surface area contributed by atoms with Gasteiger partial charge in [-0.05, 0) is 71.1 Å². The van der Waals surface area contributed by atoms with Gasteiger partial charge < -0.3 is 15.3 Å². The SMILES string of the molecule is CC(c1ccc(O)cc1)(c1ccc(O)cc1)c1ccc(-c2ccc(O)cc2)cc1. The van der Waals surface area contributed by atoms with Gasteiger partial charge in [0, 0.05) is 5.41 Å². The Morgan fingerprint density at radius 1 is 0.414 bits per heavy atom. The number of phenols is 3. The fourth-order valence-corrected chi connectivity index (χ4v) is 3.74. The van der Waals surface area contributed by atoms with E-state index in [0.717, 1.165) is 27.8 Å². The fraction of sp³-hybridized carbons (Fsp3) is 0.0769. The maximum Gasteiger partial charge on any atom is 0.115 e. The molecule has 0 saturated carbocycles. The predicted octanol–water partition coefficient (Wildman–Crippen LogP) is 5.82. The highest BCUT2D eigenvalue weighted by molar-refractivity contribution is 5.65. The lowest BCUT2D eigenvalue weighted by molar-refractivity contribution is 0.474. The molecule has 0 bridgehead atoms. The number of benzene rings is 4. The van der Waals surface area contributed by atoms with E-state index in [1.54, 1.807) is 36.4 Å². The normalized spacial score (nSPS) is 11.3. The van der Waals surface area contributed by atoms with E-state index < -0.39 is 5.41 Å². The van der Waals surface area contributed by atoms with E-state index in [1.165, 1.54) is 0 Å². The second kappa shape index (κ2) is 7.36. The highest BCUT2D eigenvalue weighted by Gasteiger charge is 2.31. The van der Waals surface area contributed by atoms with E-state index in [2.05, 4.69) is 31.2 Å². The number of hydrogen-bond acceptors (Lipinski definition) is 3. The van der Waals surface area contributed by atoms with Crippen molar-refractivity contribution >= 4 is 0 Å². The summed E-state index contributed by atoms with van der Waals surface area (Å²) >= 11 is 0. The van der Waals surface area contributed by atoms with Crippen molar-refractivity contribution in [3.8, 4) is 28.4 Å². The van der Waals surface area contributed by atoms with Crippen LogP contribution in [-0.2, 0) is 5.41 Å². The molecule has 3 heteroatoms. The van der Waals surface area contributed by atoms with Gasteiger partial charge in [-0.2, -0.15) is 0 Å². The Balaban J connectivity index is 1.81. The molecule has 0 aliphatic rings. The van der Waals surface area contributed by atoms with Crippen molar-refractivity contribution in [1.82, 2.24) is 0 Å². The van der Waals surface area contributed by atoms with Gasteiger partial charge in [0.05, 0.1) is 0 Å². The molecule has 4 aromatic rings. The van der Waals surface area contributed by atoms with E-state index in [1.807, 2.05) is 36.4 Å². The molecule has 0 amide bonds. The van der Waals surface area contributed by atoms with Crippen LogP contribution < -0.4 is 0 Å². The molecule has 3 N–H and O–H groups in total. The highest BCUT2D eigenvalue weighted by Crippen LogP contribution is 2.40. The van der Waals surface area contributed by atoms with E-state index in [-0.39, 0.29) is 17.2 Å². The van der Waals surface area contributed by atoms with Crippen molar-refractivity contribution in [2.45, 2.75) is 12.3 Å². The molecule has 0 unspecified atom stereocenters. The fourth-order valence-electron chi connectivity index (χ4n) is 3.74. The van der Waals surface area contributed by atoms with Gasteiger partial charge in [0.15, 0.2) is 0 Å². The highest BCUT2D eigenvalue weighted by atomic mass is 16.3. The minimum atomic E-state index is -0.463. The van der Waals surface area contributed by atoms with Crippen LogP contribution in [0.3, 0.4) is 0 Å². The molecule has 0 fully saturated rings. The molecule has 0 aliphatic carbocycles. The van der Waals surface area contributed by atoms with Gasteiger partial charge in [0.2, 0.25) is 0 Å². The van der Waals surface area contributed by atoms with Crippen LogP contribution in [-0.4, -0.2) is 15.3 Å². The Bertz CT molecular complexity index is 1050. The summed E-state index contributed by atoms with van der Waals surface area (Å²) in [4.78, 5) is 0. The van der Waals surface area contributed by atoms with Crippen molar-refractivity contribution in [2.75, 3.05) is 0 Å². The smallest absolute Gasteiger partial charge is 0.115 e. The van der Waals surface area contributed by atoms with Crippen LogP contribution in [0.5, 0.6) is 17.2 Å². The Labute approximate surface area is 170 Å². The van der Waals surface area contributed by atoms with Gasteiger partial charge in [-0.15, -0.1) is 0 Å². The van der Waals surface area contributed by atoms with E-state index in [9.17, 15) is 15.3 Å². The first-order valence-corrected chi connectivity index (χ1v) is 9.46. The monoisotopic (exact) mass is 382 g/mol. The summed E-state index contributed by atoms with van der Waals surface area (Å²) in [6, 6.07) is 30.0. The van der Waals surface area contributed by atoms with E-state index in [0.29, 0.717) is 0 Å².